The Bertz CT molecular complexity index is 407. The van der Waals surface area contributed by atoms with Crippen molar-refractivity contribution in [3.8, 4) is 0 Å². The quantitative estimate of drug-likeness (QED) is 0.845. The summed E-state index contributed by atoms with van der Waals surface area (Å²) in [7, 11) is 1.99. The van der Waals surface area contributed by atoms with E-state index in [9.17, 15) is 13.9 Å². The molecular weight excluding hydrogens is 236 g/mol. The van der Waals surface area contributed by atoms with E-state index in [0.29, 0.717) is 13.0 Å². The topological polar surface area (TPSA) is 23.5 Å². The van der Waals surface area contributed by atoms with Gasteiger partial charge in [0.05, 0.1) is 6.10 Å². The van der Waals surface area contributed by atoms with Gasteiger partial charge in [-0.25, -0.2) is 8.78 Å². The van der Waals surface area contributed by atoms with E-state index in [4.69, 9.17) is 0 Å². The van der Waals surface area contributed by atoms with Crippen LogP contribution in [-0.2, 0) is 0 Å². The molecule has 1 aromatic rings. The minimum Gasteiger partial charge on any atom is -0.388 e. The lowest BCUT2D eigenvalue weighted by Crippen LogP contribution is -2.23. The summed E-state index contributed by atoms with van der Waals surface area (Å²) in [6, 6.07) is 3.92. The summed E-state index contributed by atoms with van der Waals surface area (Å²) in [5.41, 5.74) is 0.0508. The van der Waals surface area contributed by atoms with Crippen LogP contribution in [0.2, 0.25) is 0 Å². The van der Waals surface area contributed by atoms with Crippen molar-refractivity contribution in [3.63, 3.8) is 0 Å². The SMILES string of the molecule is CN(CCC(O)c1cccc(F)c1F)CC1CC1. The van der Waals surface area contributed by atoms with Crippen LogP contribution in [0.15, 0.2) is 18.2 Å². The van der Waals surface area contributed by atoms with Gasteiger partial charge in [0.25, 0.3) is 0 Å². The fraction of sp³-hybridized carbons (Fsp3) is 0.571. The molecule has 0 heterocycles. The molecule has 1 fully saturated rings. The standard InChI is InChI=1S/C14H19F2NO/c1-17(9-10-5-6-10)8-7-13(18)11-3-2-4-12(15)14(11)16/h2-4,10,13,18H,5-9H2,1H3. The van der Waals surface area contributed by atoms with Gasteiger partial charge >= 0.3 is 0 Å². The number of aliphatic hydroxyl groups excluding tert-OH is 1. The third-order valence-electron chi connectivity index (χ3n) is 3.39. The Morgan fingerprint density at radius 2 is 2.11 bits per heavy atom. The van der Waals surface area contributed by atoms with Gasteiger partial charge in [-0.1, -0.05) is 12.1 Å². The van der Waals surface area contributed by atoms with Gasteiger partial charge in [-0.15, -0.1) is 0 Å². The minimum atomic E-state index is -0.942. The number of aliphatic hydroxyl groups is 1. The first-order chi connectivity index (χ1) is 8.58. The van der Waals surface area contributed by atoms with E-state index in [1.807, 2.05) is 7.05 Å². The second-order valence-corrected chi connectivity index (χ2v) is 5.15. The zero-order chi connectivity index (χ0) is 13.1. The summed E-state index contributed by atoms with van der Waals surface area (Å²) < 4.78 is 26.5. The van der Waals surface area contributed by atoms with Crippen LogP contribution in [0.1, 0.15) is 30.9 Å². The van der Waals surface area contributed by atoms with Crippen LogP contribution in [0, 0.1) is 17.6 Å². The summed E-state index contributed by atoms with van der Waals surface area (Å²) in [5.74, 6) is -1.05. The van der Waals surface area contributed by atoms with Crippen molar-refractivity contribution >= 4 is 0 Å². The van der Waals surface area contributed by atoms with Crippen molar-refractivity contribution in [2.24, 2.45) is 5.92 Å². The smallest absolute Gasteiger partial charge is 0.164 e. The first kappa shape index (κ1) is 13.4. The molecule has 2 nitrogen and oxygen atoms in total. The Hall–Kier alpha value is -1.00. The van der Waals surface area contributed by atoms with Gasteiger partial charge in [0.2, 0.25) is 0 Å². The number of hydrogen-bond acceptors (Lipinski definition) is 2. The molecule has 4 heteroatoms. The van der Waals surface area contributed by atoms with Crippen LogP contribution in [0.4, 0.5) is 8.78 Å². The lowest BCUT2D eigenvalue weighted by Gasteiger charge is -2.19. The van der Waals surface area contributed by atoms with Crippen LogP contribution in [-0.4, -0.2) is 30.1 Å². The number of rotatable bonds is 6. The number of halogens is 2. The maximum absolute atomic E-state index is 13.4. The molecule has 1 unspecified atom stereocenters. The van der Waals surface area contributed by atoms with E-state index in [0.717, 1.165) is 18.5 Å². The van der Waals surface area contributed by atoms with Gasteiger partial charge in [-0.2, -0.15) is 0 Å². The predicted molar refractivity (Wildman–Crippen MR) is 66.2 cm³/mol. The average molecular weight is 255 g/mol. The predicted octanol–water partition coefficient (Wildman–Crippen LogP) is 2.73. The molecule has 0 spiro atoms. The van der Waals surface area contributed by atoms with Crippen molar-refractivity contribution in [1.82, 2.24) is 4.90 Å². The fourth-order valence-electron chi connectivity index (χ4n) is 2.11. The van der Waals surface area contributed by atoms with Crippen molar-refractivity contribution in [1.29, 1.82) is 0 Å². The number of benzene rings is 1. The summed E-state index contributed by atoms with van der Waals surface area (Å²) in [6.45, 7) is 1.71. The lowest BCUT2D eigenvalue weighted by atomic mass is 10.1. The first-order valence-corrected chi connectivity index (χ1v) is 6.38. The molecule has 0 radical (unpaired) electrons. The maximum Gasteiger partial charge on any atom is 0.164 e. The summed E-state index contributed by atoms with van der Waals surface area (Å²) in [5, 5.41) is 9.89. The number of hydrogen-bond donors (Lipinski definition) is 1. The average Bonchev–Trinajstić information content (AvgIpc) is 3.13. The van der Waals surface area contributed by atoms with Crippen LogP contribution in [0.3, 0.4) is 0 Å². The molecule has 1 N–H and O–H groups in total. The molecule has 0 saturated heterocycles. The van der Waals surface area contributed by atoms with Crippen LogP contribution in [0.5, 0.6) is 0 Å². The van der Waals surface area contributed by atoms with E-state index in [2.05, 4.69) is 4.90 Å². The van der Waals surface area contributed by atoms with Gasteiger partial charge in [0.15, 0.2) is 11.6 Å². The number of nitrogens with zero attached hydrogens (tertiary/aromatic N) is 1. The molecule has 1 saturated carbocycles. The second kappa shape index (κ2) is 5.76. The van der Waals surface area contributed by atoms with Gasteiger partial charge in [-0.3, -0.25) is 0 Å². The third-order valence-corrected chi connectivity index (χ3v) is 3.39. The lowest BCUT2D eigenvalue weighted by molar-refractivity contribution is 0.143. The zero-order valence-corrected chi connectivity index (χ0v) is 10.6. The monoisotopic (exact) mass is 255 g/mol. The van der Waals surface area contributed by atoms with E-state index >= 15 is 0 Å². The molecule has 100 valence electrons. The highest BCUT2D eigenvalue weighted by atomic mass is 19.2. The highest BCUT2D eigenvalue weighted by Crippen LogP contribution is 2.29. The second-order valence-electron chi connectivity index (χ2n) is 5.15. The van der Waals surface area contributed by atoms with Crippen molar-refractivity contribution < 1.29 is 13.9 Å². The molecule has 0 bridgehead atoms. The molecule has 0 aliphatic heterocycles. The highest BCUT2D eigenvalue weighted by molar-refractivity contribution is 5.21. The van der Waals surface area contributed by atoms with Crippen molar-refractivity contribution in [3.05, 3.63) is 35.4 Å². The molecule has 1 aliphatic carbocycles. The van der Waals surface area contributed by atoms with Crippen molar-refractivity contribution in [2.75, 3.05) is 20.1 Å². The maximum atomic E-state index is 13.4. The van der Waals surface area contributed by atoms with Gasteiger partial charge in [-0.05, 0) is 38.3 Å². The van der Waals surface area contributed by atoms with Gasteiger partial charge in [0.1, 0.15) is 0 Å². The van der Waals surface area contributed by atoms with Crippen molar-refractivity contribution in [2.45, 2.75) is 25.4 Å². The third kappa shape index (κ3) is 3.50. The van der Waals surface area contributed by atoms with Gasteiger partial charge < -0.3 is 10.0 Å². The largest absolute Gasteiger partial charge is 0.388 e. The molecule has 18 heavy (non-hydrogen) atoms. The van der Waals surface area contributed by atoms with Gasteiger partial charge in [0, 0.05) is 18.7 Å². The van der Waals surface area contributed by atoms with Crippen LogP contribution in [0.25, 0.3) is 0 Å². The van der Waals surface area contributed by atoms with E-state index in [-0.39, 0.29) is 5.56 Å². The first-order valence-electron chi connectivity index (χ1n) is 6.38. The van der Waals surface area contributed by atoms with Crippen LogP contribution < -0.4 is 0 Å². The summed E-state index contributed by atoms with van der Waals surface area (Å²) in [4.78, 5) is 2.14. The zero-order valence-electron chi connectivity index (χ0n) is 10.6. The Labute approximate surface area is 106 Å². The molecular formula is C14H19F2NO. The molecule has 2 rings (SSSR count). The molecule has 0 aromatic heterocycles. The van der Waals surface area contributed by atoms with E-state index in [1.165, 1.54) is 25.0 Å². The minimum absolute atomic E-state index is 0.0508. The molecule has 0 amide bonds. The fourth-order valence-corrected chi connectivity index (χ4v) is 2.11. The molecule has 1 aliphatic rings. The van der Waals surface area contributed by atoms with E-state index in [1.54, 1.807) is 0 Å². The Morgan fingerprint density at radius 3 is 2.78 bits per heavy atom. The van der Waals surface area contributed by atoms with Crippen LogP contribution >= 0.6 is 0 Å². The molecule has 1 atom stereocenters. The van der Waals surface area contributed by atoms with E-state index < -0.39 is 17.7 Å². The summed E-state index contributed by atoms with van der Waals surface area (Å²) >= 11 is 0. The molecule has 1 aromatic carbocycles. The Morgan fingerprint density at radius 1 is 1.39 bits per heavy atom. The normalized spacial score (nSPS) is 17.2. The highest BCUT2D eigenvalue weighted by Gasteiger charge is 2.23. The Balaban J connectivity index is 1.86. The Kier molecular flexibility index (Phi) is 4.30. The summed E-state index contributed by atoms with van der Waals surface area (Å²) in [6.07, 6.45) is 2.04.